The lowest BCUT2D eigenvalue weighted by molar-refractivity contribution is 0.0606. The Kier molecular flexibility index (Phi) is 3.62. The van der Waals surface area contributed by atoms with E-state index in [2.05, 4.69) is 4.74 Å². The summed E-state index contributed by atoms with van der Waals surface area (Å²) in [6, 6.07) is 7.66. The molecule has 94 valence electrons. The molecule has 1 heterocycles. The first-order valence-electron chi connectivity index (χ1n) is 5.17. The third-order valence-corrected chi connectivity index (χ3v) is 3.52. The fourth-order valence-electron chi connectivity index (χ4n) is 1.57. The highest BCUT2D eigenvalue weighted by molar-refractivity contribution is 7.17. The number of hydrogen-bond donors (Lipinski definition) is 0. The van der Waals surface area contributed by atoms with Crippen molar-refractivity contribution in [2.45, 2.75) is 0 Å². The van der Waals surface area contributed by atoms with E-state index in [-0.39, 0.29) is 5.82 Å². The minimum Gasteiger partial charge on any atom is -0.496 e. The predicted molar refractivity (Wildman–Crippen MR) is 67.6 cm³/mol. The van der Waals surface area contributed by atoms with Crippen LogP contribution >= 0.6 is 11.3 Å². The van der Waals surface area contributed by atoms with Crippen molar-refractivity contribution in [1.29, 1.82) is 0 Å². The summed E-state index contributed by atoms with van der Waals surface area (Å²) >= 11 is 1.24. The second-order valence-corrected chi connectivity index (χ2v) is 4.58. The molecular formula is C13H11FO3S. The molecule has 0 atom stereocenters. The number of hydrogen-bond acceptors (Lipinski definition) is 4. The van der Waals surface area contributed by atoms with Crippen LogP contribution in [-0.4, -0.2) is 20.2 Å². The van der Waals surface area contributed by atoms with E-state index >= 15 is 0 Å². The van der Waals surface area contributed by atoms with Gasteiger partial charge in [-0.1, -0.05) is 0 Å². The quantitative estimate of drug-likeness (QED) is 0.799. The summed E-state index contributed by atoms with van der Waals surface area (Å²) in [6.45, 7) is 0. The van der Waals surface area contributed by atoms with E-state index in [1.165, 1.54) is 37.7 Å². The number of methoxy groups -OCH3 is 2. The normalized spacial score (nSPS) is 10.2. The minimum absolute atomic E-state index is 0.348. The number of halogens is 1. The minimum atomic E-state index is -0.401. The Bertz CT molecular complexity index is 577. The fourth-order valence-corrected chi connectivity index (χ4v) is 2.51. The van der Waals surface area contributed by atoms with E-state index in [4.69, 9.17) is 4.74 Å². The zero-order valence-electron chi connectivity index (χ0n) is 9.90. The number of ether oxygens (including phenoxy) is 2. The Hall–Kier alpha value is -1.88. The first-order chi connectivity index (χ1) is 8.65. The molecule has 0 amide bonds. The number of carbonyl (C=O) groups is 1. The molecule has 2 rings (SSSR count). The van der Waals surface area contributed by atoms with Crippen LogP contribution in [0.3, 0.4) is 0 Å². The maximum Gasteiger partial charge on any atom is 0.348 e. The molecule has 0 N–H and O–H groups in total. The van der Waals surface area contributed by atoms with Crippen LogP contribution in [0.25, 0.3) is 10.4 Å². The van der Waals surface area contributed by atoms with Crippen LogP contribution in [0, 0.1) is 5.82 Å². The van der Waals surface area contributed by atoms with Crippen LogP contribution in [0.5, 0.6) is 5.75 Å². The summed E-state index contributed by atoms with van der Waals surface area (Å²) in [5, 5.41) is 0. The van der Waals surface area contributed by atoms with Crippen molar-refractivity contribution in [3.8, 4) is 16.2 Å². The first kappa shape index (κ1) is 12.6. The second kappa shape index (κ2) is 5.18. The Balaban J connectivity index is 2.45. The lowest BCUT2D eigenvalue weighted by Gasteiger charge is -2.06. The summed E-state index contributed by atoms with van der Waals surface area (Å²) in [6.07, 6.45) is 0. The number of rotatable bonds is 3. The van der Waals surface area contributed by atoms with Crippen LogP contribution in [0.15, 0.2) is 30.3 Å². The van der Waals surface area contributed by atoms with Gasteiger partial charge in [0.05, 0.1) is 14.2 Å². The topological polar surface area (TPSA) is 35.5 Å². The Morgan fingerprint density at radius 2 is 2.00 bits per heavy atom. The molecule has 1 aromatic carbocycles. The van der Waals surface area contributed by atoms with Crippen molar-refractivity contribution in [3.05, 3.63) is 41.0 Å². The summed E-state index contributed by atoms with van der Waals surface area (Å²) in [5.41, 5.74) is 0.623. The first-order valence-corrected chi connectivity index (χ1v) is 5.99. The summed E-state index contributed by atoms with van der Waals surface area (Å²) in [7, 11) is 2.84. The van der Waals surface area contributed by atoms with E-state index < -0.39 is 5.97 Å². The van der Waals surface area contributed by atoms with Gasteiger partial charge in [-0.2, -0.15) is 0 Å². The zero-order valence-corrected chi connectivity index (χ0v) is 10.7. The van der Waals surface area contributed by atoms with Gasteiger partial charge in [0.25, 0.3) is 0 Å². The van der Waals surface area contributed by atoms with Gasteiger partial charge in [0, 0.05) is 10.4 Å². The summed E-state index contributed by atoms with van der Waals surface area (Å²) in [5.74, 6) is -0.185. The van der Waals surface area contributed by atoms with Crippen molar-refractivity contribution in [2.24, 2.45) is 0 Å². The summed E-state index contributed by atoms with van der Waals surface area (Å²) < 4.78 is 23.1. The summed E-state index contributed by atoms with van der Waals surface area (Å²) in [4.78, 5) is 12.6. The smallest absolute Gasteiger partial charge is 0.348 e. The molecule has 0 saturated heterocycles. The molecule has 5 heteroatoms. The molecule has 0 unspecified atom stereocenters. The Morgan fingerprint density at radius 1 is 1.22 bits per heavy atom. The van der Waals surface area contributed by atoms with Crippen LogP contribution in [0.4, 0.5) is 4.39 Å². The Morgan fingerprint density at radius 3 is 2.67 bits per heavy atom. The monoisotopic (exact) mass is 266 g/mol. The number of carbonyl (C=O) groups excluding carboxylic acids is 1. The van der Waals surface area contributed by atoms with E-state index in [0.29, 0.717) is 16.2 Å². The highest BCUT2D eigenvalue weighted by Gasteiger charge is 2.13. The van der Waals surface area contributed by atoms with Crippen molar-refractivity contribution < 1.29 is 18.7 Å². The van der Waals surface area contributed by atoms with Crippen molar-refractivity contribution in [2.75, 3.05) is 14.2 Å². The van der Waals surface area contributed by atoms with Crippen molar-refractivity contribution in [1.82, 2.24) is 0 Å². The second-order valence-electron chi connectivity index (χ2n) is 3.50. The van der Waals surface area contributed by atoms with Crippen LogP contribution in [-0.2, 0) is 4.74 Å². The molecule has 0 aliphatic heterocycles. The third-order valence-electron chi connectivity index (χ3n) is 2.42. The van der Waals surface area contributed by atoms with Gasteiger partial charge in [0.2, 0.25) is 0 Å². The number of thiophene rings is 1. The van der Waals surface area contributed by atoms with Gasteiger partial charge in [-0.3, -0.25) is 0 Å². The van der Waals surface area contributed by atoms with E-state index in [0.717, 1.165) is 4.88 Å². The van der Waals surface area contributed by atoms with Crippen molar-refractivity contribution in [3.63, 3.8) is 0 Å². The largest absolute Gasteiger partial charge is 0.496 e. The van der Waals surface area contributed by atoms with Gasteiger partial charge in [-0.15, -0.1) is 11.3 Å². The molecule has 18 heavy (non-hydrogen) atoms. The predicted octanol–water partition coefficient (Wildman–Crippen LogP) is 3.35. The van der Waals surface area contributed by atoms with Gasteiger partial charge in [-0.05, 0) is 30.3 Å². The highest BCUT2D eigenvalue weighted by Crippen LogP contribution is 2.35. The lowest BCUT2D eigenvalue weighted by atomic mass is 10.1. The van der Waals surface area contributed by atoms with Crippen LogP contribution in [0.1, 0.15) is 9.67 Å². The van der Waals surface area contributed by atoms with Gasteiger partial charge >= 0.3 is 5.97 Å². The molecule has 0 fully saturated rings. The average molecular weight is 266 g/mol. The van der Waals surface area contributed by atoms with Gasteiger partial charge < -0.3 is 9.47 Å². The van der Waals surface area contributed by atoms with E-state index in [1.807, 2.05) is 0 Å². The number of benzene rings is 1. The van der Waals surface area contributed by atoms with E-state index in [1.54, 1.807) is 18.2 Å². The molecule has 0 bridgehead atoms. The molecule has 0 spiro atoms. The maximum absolute atomic E-state index is 13.3. The van der Waals surface area contributed by atoms with Crippen LogP contribution in [0.2, 0.25) is 0 Å². The zero-order chi connectivity index (χ0) is 13.1. The molecule has 0 radical (unpaired) electrons. The molecule has 3 nitrogen and oxygen atoms in total. The molecule has 2 aromatic rings. The van der Waals surface area contributed by atoms with Crippen LogP contribution < -0.4 is 4.74 Å². The number of esters is 1. The fraction of sp³-hybridized carbons (Fsp3) is 0.154. The third kappa shape index (κ3) is 2.36. The molecule has 0 aliphatic rings. The Labute approximate surface area is 108 Å². The molecule has 0 aliphatic carbocycles. The van der Waals surface area contributed by atoms with E-state index in [9.17, 15) is 9.18 Å². The SMILES string of the molecule is COC(=O)c1ccc(-c2cc(F)ccc2OC)s1. The highest BCUT2D eigenvalue weighted by atomic mass is 32.1. The molecule has 0 saturated carbocycles. The standard InChI is InChI=1S/C13H11FO3S/c1-16-10-4-3-8(14)7-9(10)11-5-6-12(18-11)13(15)17-2/h3-7H,1-2H3. The van der Waals surface area contributed by atoms with Gasteiger partial charge in [-0.25, -0.2) is 9.18 Å². The lowest BCUT2D eigenvalue weighted by Crippen LogP contribution is -1.96. The molecular weight excluding hydrogens is 255 g/mol. The van der Waals surface area contributed by atoms with Gasteiger partial charge in [0.15, 0.2) is 0 Å². The maximum atomic E-state index is 13.3. The van der Waals surface area contributed by atoms with Crippen molar-refractivity contribution >= 4 is 17.3 Å². The van der Waals surface area contributed by atoms with Gasteiger partial charge in [0.1, 0.15) is 16.4 Å². The average Bonchev–Trinajstić information content (AvgIpc) is 2.87. The molecule has 1 aromatic heterocycles.